The van der Waals surface area contributed by atoms with Gasteiger partial charge in [0.1, 0.15) is 17.7 Å². The smallest absolute Gasteiger partial charge is 0.285 e. The van der Waals surface area contributed by atoms with Crippen LogP contribution in [0.3, 0.4) is 0 Å². The fraction of sp³-hybridized carbons (Fsp3) is 0.350. The molecule has 2 atom stereocenters. The molecule has 1 aliphatic rings. The van der Waals surface area contributed by atoms with Gasteiger partial charge in [-0.15, -0.1) is 0 Å². The summed E-state index contributed by atoms with van der Waals surface area (Å²) >= 11 is 0. The van der Waals surface area contributed by atoms with Crippen molar-refractivity contribution in [1.82, 2.24) is 4.90 Å². The number of rotatable bonds is 5. The van der Waals surface area contributed by atoms with Gasteiger partial charge < -0.3 is 10.2 Å². The van der Waals surface area contributed by atoms with Crippen LogP contribution in [-0.2, 0) is 4.79 Å². The number of likely N-dealkylation sites (tertiary alicyclic amines) is 1. The van der Waals surface area contributed by atoms with Crippen molar-refractivity contribution in [2.45, 2.75) is 31.8 Å². The molecule has 1 saturated heterocycles. The highest BCUT2D eigenvalue weighted by molar-refractivity contribution is 5.82. The molecule has 0 spiro atoms. The maximum atomic E-state index is 14.1. The minimum Gasteiger partial charge on any atom is -0.337 e. The zero-order chi connectivity index (χ0) is 17.8. The van der Waals surface area contributed by atoms with Crippen LogP contribution in [0.2, 0.25) is 0 Å². The normalized spacial score (nSPS) is 16.7. The molecule has 1 fully saturated rings. The van der Waals surface area contributed by atoms with Gasteiger partial charge in [-0.2, -0.15) is 0 Å². The fourth-order valence-electron chi connectivity index (χ4n) is 3.39. The molecular weight excluding hydrogens is 322 g/mol. The fourth-order valence-corrected chi connectivity index (χ4v) is 3.39. The molecule has 0 saturated carbocycles. The average Bonchev–Trinajstić information content (AvgIpc) is 3.14. The second kappa shape index (κ2) is 7.74. The predicted octanol–water partition coefficient (Wildman–Crippen LogP) is 2.95. The van der Waals surface area contributed by atoms with E-state index in [1.54, 1.807) is 0 Å². The van der Waals surface area contributed by atoms with Crippen molar-refractivity contribution in [2.75, 3.05) is 13.1 Å². The van der Waals surface area contributed by atoms with Crippen LogP contribution in [0.1, 0.15) is 43.0 Å². The van der Waals surface area contributed by atoms with Gasteiger partial charge in [0.15, 0.2) is 6.04 Å². The van der Waals surface area contributed by atoms with Crippen molar-refractivity contribution in [2.24, 2.45) is 0 Å². The number of halogens is 2. The van der Waals surface area contributed by atoms with E-state index in [1.807, 2.05) is 47.5 Å². The van der Waals surface area contributed by atoms with Crippen molar-refractivity contribution >= 4 is 5.91 Å². The summed E-state index contributed by atoms with van der Waals surface area (Å²) in [5.41, 5.74) is 1.30. The number of carbonyl (C=O) groups excluding carboxylic acids is 1. The Hall–Kier alpha value is -2.27. The highest BCUT2D eigenvalue weighted by Crippen LogP contribution is 2.20. The number of quaternary nitrogens is 1. The topological polar surface area (TPSA) is 36.9 Å². The number of hydrogen-bond donors (Lipinski definition) is 1. The molecule has 3 rings (SSSR count). The summed E-state index contributed by atoms with van der Waals surface area (Å²) in [4.78, 5) is 14.9. The predicted molar refractivity (Wildman–Crippen MR) is 91.7 cm³/mol. The maximum Gasteiger partial charge on any atom is 0.285 e. The number of nitrogens with two attached hydrogens (primary N) is 1. The van der Waals surface area contributed by atoms with Crippen LogP contribution in [0.5, 0.6) is 0 Å². The lowest BCUT2D eigenvalue weighted by Crippen LogP contribution is -2.88. The minimum atomic E-state index is -0.596. The van der Waals surface area contributed by atoms with Gasteiger partial charge in [-0.05, 0) is 31.9 Å². The SMILES string of the molecule is C[C@@H]([NH2+][C@H](C(=O)N1CCCC1)c1ccccc1)c1ccc(F)cc1F. The minimum absolute atomic E-state index is 0.0538. The number of nitrogens with zero attached hydrogens (tertiary/aromatic N) is 1. The number of hydrogen-bond acceptors (Lipinski definition) is 1. The first-order valence-corrected chi connectivity index (χ1v) is 8.70. The van der Waals surface area contributed by atoms with Gasteiger partial charge in [-0.3, -0.25) is 4.79 Å². The third kappa shape index (κ3) is 4.04. The van der Waals surface area contributed by atoms with Crippen molar-refractivity contribution in [3.8, 4) is 0 Å². The van der Waals surface area contributed by atoms with E-state index < -0.39 is 17.7 Å². The third-order valence-corrected chi connectivity index (χ3v) is 4.78. The first kappa shape index (κ1) is 17.5. The molecule has 2 aromatic rings. The summed E-state index contributed by atoms with van der Waals surface area (Å²) in [6.07, 6.45) is 2.05. The second-order valence-corrected chi connectivity index (χ2v) is 6.57. The molecule has 3 nitrogen and oxygen atoms in total. The Bertz CT molecular complexity index is 730. The maximum absolute atomic E-state index is 14.1. The molecule has 1 heterocycles. The number of carbonyl (C=O) groups is 1. The summed E-state index contributed by atoms with van der Waals surface area (Å²) < 4.78 is 27.3. The van der Waals surface area contributed by atoms with Crippen LogP contribution in [0, 0.1) is 11.6 Å². The van der Waals surface area contributed by atoms with E-state index >= 15 is 0 Å². The first-order chi connectivity index (χ1) is 12.1. The monoisotopic (exact) mass is 345 g/mol. The van der Waals surface area contributed by atoms with Crippen LogP contribution in [-0.4, -0.2) is 23.9 Å². The van der Waals surface area contributed by atoms with Crippen molar-refractivity contribution in [3.63, 3.8) is 0 Å². The molecule has 1 aliphatic heterocycles. The largest absolute Gasteiger partial charge is 0.337 e. The molecule has 0 aromatic heterocycles. The van der Waals surface area contributed by atoms with Gasteiger partial charge in [0.25, 0.3) is 5.91 Å². The van der Waals surface area contributed by atoms with Crippen molar-refractivity contribution in [3.05, 3.63) is 71.3 Å². The molecule has 0 radical (unpaired) electrons. The molecule has 0 aliphatic carbocycles. The molecule has 2 N–H and O–H groups in total. The second-order valence-electron chi connectivity index (χ2n) is 6.57. The zero-order valence-electron chi connectivity index (χ0n) is 14.3. The molecule has 2 aromatic carbocycles. The Morgan fingerprint density at radius 1 is 1.08 bits per heavy atom. The standard InChI is InChI=1S/C20H22F2N2O/c1-14(17-10-9-16(21)13-18(17)22)23-19(15-7-3-2-4-8-15)20(25)24-11-5-6-12-24/h2-4,7-10,13-14,19,23H,5-6,11-12H2,1H3/p+1/t14-,19+/m1/s1. The van der Waals surface area contributed by atoms with Crippen molar-refractivity contribution in [1.29, 1.82) is 0 Å². The highest BCUT2D eigenvalue weighted by atomic mass is 19.1. The highest BCUT2D eigenvalue weighted by Gasteiger charge is 2.32. The van der Waals surface area contributed by atoms with E-state index in [2.05, 4.69) is 0 Å². The van der Waals surface area contributed by atoms with Crippen LogP contribution < -0.4 is 5.32 Å². The van der Waals surface area contributed by atoms with E-state index in [1.165, 1.54) is 12.1 Å². The summed E-state index contributed by atoms with van der Waals surface area (Å²) in [7, 11) is 0. The molecule has 25 heavy (non-hydrogen) atoms. The first-order valence-electron chi connectivity index (χ1n) is 8.70. The third-order valence-electron chi connectivity index (χ3n) is 4.78. The Kier molecular flexibility index (Phi) is 5.43. The molecule has 132 valence electrons. The Morgan fingerprint density at radius 3 is 2.40 bits per heavy atom. The zero-order valence-corrected chi connectivity index (χ0v) is 14.3. The van der Waals surface area contributed by atoms with Gasteiger partial charge in [0.05, 0.1) is 0 Å². The van der Waals surface area contributed by atoms with E-state index in [0.29, 0.717) is 5.56 Å². The van der Waals surface area contributed by atoms with E-state index in [9.17, 15) is 13.6 Å². The lowest BCUT2D eigenvalue weighted by molar-refractivity contribution is -0.720. The van der Waals surface area contributed by atoms with Crippen LogP contribution in [0.4, 0.5) is 8.78 Å². The van der Waals surface area contributed by atoms with Gasteiger partial charge >= 0.3 is 0 Å². The average molecular weight is 345 g/mol. The summed E-state index contributed by atoms with van der Waals surface area (Å²) in [5.74, 6) is -1.12. The van der Waals surface area contributed by atoms with Crippen molar-refractivity contribution < 1.29 is 18.9 Å². The van der Waals surface area contributed by atoms with E-state index in [4.69, 9.17) is 0 Å². The van der Waals surface area contributed by atoms with Gasteiger partial charge in [-0.25, -0.2) is 8.78 Å². The Balaban J connectivity index is 1.85. The Labute approximate surface area is 146 Å². The summed E-state index contributed by atoms with van der Waals surface area (Å²) in [6, 6.07) is 12.4. The van der Waals surface area contributed by atoms with Crippen LogP contribution in [0.25, 0.3) is 0 Å². The lowest BCUT2D eigenvalue weighted by Gasteiger charge is -2.24. The Morgan fingerprint density at radius 2 is 1.76 bits per heavy atom. The number of benzene rings is 2. The van der Waals surface area contributed by atoms with E-state index in [-0.39, 0.29) is 11.9 Å². The molecule has 0 unspecified atom stereocenters. The molecule has 1 amide bonds. The van der Waals surface area contributed by atoms with Gasteiger partial charge in [0.2, 0.25) is 0 Å². The van der Waals surface area contributed by atoms with Gasteiger partial charge in [-0.1, -0.05) is 30.3 Å². The number of amides is 1. The van der Waals surface area contributed by atoms with E-state index in [0.717, 1.165) is 37.6 Å². The molecule has 5 heteroatoms. The van der Waals surface area contributed by atoms with Gasteiger partial charge in [0, 0.05) is 30.3 Å². The van der Waals surface area contributed by atoms with Crippen LogP contribution in [0.15, 0.2) is 48.5 Å². The summed E-state index contributed by atoms with van der Waals surface area (Å²) in [5, 5.41) is 1.87. The molecular formula is C20H23F2N2O+. The summed E-state index contributed by atoms with van der Waals surface area (Å²) in [6.45, 7) is 3.38. The molecule has 0 bridgehead atoms. The quantitative estimate of drug-likeness (QED) is 0.889. The van der Waals surface area contributed by atoms with Crippen LogP contribution >= 0.6 is 0 Å². The lowest BCUT2D eigenvalue weighted by atomic mass is 10.0.